The van der Waals surface area contributed by atoms with Gasteiger partial charge in [-0.3, -0.25) is 4.79 Å². The molecule has 0 aliphatic rings. The molecule has 33 heavy (non-hydrogen) atoms. The van der Waals surface area contributed by atoms with Gasteiger partial charge in [-0.2, -0.15) is 0 Å². The van der Waals surface area contributed by atoms with Crippen molar-refractivity contribution in [1.82, 2.24) is 9.55 Å². The second-order valence-electron chi connectivity index (χ2n) is 8.09. The first-order valence-electron chi connectivity index (χ1n) is 11.0. The van der Waals surface area contributed by atoms with Crippen LogP contribution < -0.4 is 0 Å². The van der Waals surface area contributed by atoms with Crippen LogP contribution in [-0.2, 0) is 9.47 Å². The molecule has 1 aromatic carbocycles. The molecule has 0 unspecified atom stereocenters. The van der Waals surface area contributed by atoms with Gasteiger partial charge >= 0.3 is 11.9 Å². The molecule has 0 aliphatic heterocycles. The van der Waals surface area contributed by atoms with Gasteiger partial charge < -0.3 is 19.0 Å². The number of benzene rings is 1. The topological polar surface area (TPSA) is 90.4 Å². The zero-order valence-corrected chi connectivity index (χ0v) is 19.9. The maximum atomic E-state index is 12.9. The van der Waals surface area contributed by atoms with Crippen molar-refractivity contribution in [2.75, 3.05) is 13.2 Å². The molecule has 0 amide bonds. The van der Waals surface area contributed by atoms with E-state index in [1.54, 1.807) is 20.8 Å². The number of H-pyrrole nitrogens is 1. The highest BCUT2D eigenvalue weighted by molar-refractivity contribution is 6.02. The Labute approximate surface area is 193 Å². The Bertz CT molecular complexity index is 1190. The predicted molar refractivity (Wildman–Crippen MR) is 125 cm³/mol. The molecule has 3 aromatic rings. The van der Waals surface area contributed by atoms with Gasteiger partial charge in [-0.1, -0.05) is 30.3 Å². The Hall–Kier alpha value is -3.61. The number of nitrogens with one attached hydrogen (secondary N) is 1. The van der Waals surface area contributed by atoms with Gasteiger partial charge in [-0.25, -0.2) is 9.59 Å². The minimum Gasteiger partial charge on any atom is -0.462 e. The lowest BCUT2D eigenvalue weighted by atomic mass is 10.1. The summed E-state index contributed by atoms with van der Waals surface area (Å²) in [6, 6.07) is 11.9. The van der Waals surface area contributed by atoms with Crippen LogP contribution in [0.25, 0.3) is 0 Å². The monoisotopic (exact) mass is 450 g/mol. The predicted octanol–water partition coefficient (Wildman–Crippen LogP) is 4.88. The van der Waals surface area contributed by atoms with E-state index in [0.29, 0.717) is 22.4 Å². The van der Waals surface area contributed by atoms with Crippen molar-refractivity contribution >= 4 is 17.7 Å². The molecule has 0 fully saturated rings. The number of carbonyl (C=O) groups excluding carboxylic acids is 3. The van der Waals surface area contributed by atoms with E-state index < -0.39 is 18.5 Å². The van der Waals surface area contributed by atoms with Gasteiger partial charge in [0.2, 0.25) is 5.78 Å². The van der Waals surface area contributed by atoms with E-state index in [4.69, 9.17) is 9.47 Å². The number of nitrogens with zero attached hydrogens (tertiary/aromatic N) is 1. The third-order valence-electron chi connectivity index (χ3n) is 5.91. The lowest BCUT2D eigenvalue weighted by Gasteiger charge is -2.19. The van der Waals surface area contributed by atoms with Crippen LogP contribution in [0.4, 0.5) is 0 Å². The van der Waals surface area contributed by atoms with Crippen molar-refractivity contribution in [2.24, 2.45) is 0 Å². The maximum Gasteiger partial charge on any atom is 0.355 e. The zero-order valence-electron chi connectivity index (χ0n) is 19.9. The fourth-order valence-electron chi connectivity index (χ4n) is 4.28. The van der Waals surface area contributed by atoms with E-state index >= 15 is 0 Å². The third kappa shape index (κ3) is 4.77. The third-order valence-corrected chi connectivity index (χ3v) is 5.91. The maximum absolute atomic E-state index is 12.9. The molecule has 0 bridgehead atoms. The molecule has 0 spiro atoms. The van der Waals surface area contributed by atoms with E-state index in [0.717, 1.165) is 17.0 Å². The van der Waals surface area contributed by atoms with Gasteiger partial charge in [0.1, 0.15) is 5.69 Å². The molecule has 174 valence electrons. The number of esters is 2. The first-order valence-corrected chi connectivity index (χ1v) is 11.0. The second kappa shape index (κ2) is 9.90. The quantitative estimate of drug-likeness (QED) is 0.390. The number of carbonyl (C=O) groups is 3. The second-order valence-corrected chi connectivity index (χ2v) is 8.09. The number of hydrogen-bond acceptors (Lipinski definition) is 5. The minimum atomic E-state index is -0.689. The number of aromatic amines is 1. The standard InChI is InChI=1S/C26H30N2O5/c1-7-32-25(30)23-16(3)24(27-17(23)4)26(31)33-14-22(29)21-13-15(2)28(19(21)6)18(5)20-11-9-8-10-12-20/h8-13,18,27H,7,14H2,1-6H3/t18-/m1/s1. The van der Waals surface area contributed by atoms with Gasteiger partial charge in [-0.05, 0) is 58.7 Å². The summed E-state index contributed by atoms with van der Waals surface area (Å²) in [5, 5.41) is 0. The molecule has 0 radical (unpaired) electrons. The molecular formula is C26H30N2O5. The SMILES string of the molecule is CCOC(=O)c1c(C)[nH]c(C(=O)OCC(=O)c2cc(C)n([C@H](C)c3ccccc3)c2C)c1C. The summed E-state index contributed by atoms with van der Waals surface area (Å²) >= 11 is 0. The van der Waals surface area contributed by atoms with Gasteiger partial charge in [0, 0.05) is 22.6 Å². The molecule has 2 aromatic heterocycles. The molecule has 0 saturated carbocycles. The van der Waals surface area contributed by atoms with E-state index in [-0.39, 0.29) is 24.1 Å². The molecule has 0 aliphatic carbocycles. The Morgan fingerprint density at radius 3 is 2.30 bits per heavy atom. The summed E-state index contributed by atoms with van der Waals surface area (Å²) in [6.07, 6.45) is 0. The molecule has 7 nitrogen and oxygen atoms in total. The zero-order chi connectivity index (χ0) is 24.3. The van der Waals surface area contributed by atoms with Gasteiger partial charge in [0.05, 0.1) is 18.2 Å². The summed E-state index contributed by atoms with van der Waals surface area (Å²) in [7, 11) is 0. The highest BCUT2D eigenvalue weighted by Gasteiger charge is 2.25. The Kier molecular flexibility index (Phi) is 7.21. The van der Waals surface area contributed by atoms with Crippen LogP contribution >= 0.6 is 0 Å². The molecular weight excluding hydrogens is 420 g/mol. The number of rotatable bonds is 8. The lowest BCUT2D eigenvalue weighted by Crippen LogP contribution is -2.17. The first-order chi connectivity index (χ1) is 15.7. The van der Waals surface area contributed by atoms with E-state index in [9.17, 15) is 14.4 Å². The van der Waals surface area contributed by atoms with Crippen molar-refractivity contribution in [1.29, 1.82) is 0 Å². The Morgan fingerprint density at radius 2 is 1.67 bits per heavy atom. The Balaban J connectivity index is 1.75. The highest BCUT2D eigenvalue weighted by Crippen LogP contribution is 2.26. The summed E-state index contributed by atoms with van der Waals surface area (Å²) in [5.74, 6) is -1.47. The minimum absolute atomic E-state index is 0.0566. The smallest absolute Gasteiger partial charge is 0.355 e. The number of aryl methyl sites for hydroxylation is 2. The average Bonchev–Trinajstić information content (AvgIpc) is 3.26. The van der Waals surface area contributed by atoms with Crippen molar-refractivity contribution < 1.29 is 23.9 Å². The Morgan fingerprint density at radius 1 is 1.00 bits per heavy atom. The number of hydrogen-bond donors (Lipinski definition) is 1. The van der Waals surface area contributed by atoms with Crippen molar-refractivity contribution in [3.8, 4) is 0 Å². The van der Waals surface area contributed by atoms with Crippen LogP contribution in [0.1, 0.15) is 79.3 Å². The number of aromatic nitrogens is 2. The summed E-state index contributed by atoms with van der Waals surface area (Å²) in [5.41, 5.74) is 4.85. The van der Waals surface area contributed by atoms with Crippen LogP contribution in [0.15, 0.2) is 36.4 Å². The molecule has 7 heteroatoms. The van der Waals surface area contributed by atoms with Crippen molar-refractivity contribution in [3.05, 3.63) is 81.4 Å². The summed E-state index contributed by atoms with van der Waals surface area (Å²) in [4.78, 5) is 40.6. The fourth-order valence-corrected chi connectivity index (χ4v) is 4.28. The van der Waals surface area contributed by atoms with Gasteiger partial charge in [0.15, 0.2) is 6.61 Å². The van der Waals surface area contributed by atoms with Crippen molar-refractivity contribution in [2.45, 2.75) is 47.6 Å². The number of ketones is 1. The molecule has 1 N–H and O–H groups in total. The highest BCUT2D eigenvalue weighted by atomic mass is 16.5. The first kappa shape index (κ1) is 24.0. The molecule has 3 rings (SSSR count). The van der Waals surface area contributed by atoms with Crippen LogP contribution in [0.3, 0.4) is 0 Å². The van der Waals surface area contributed by atoms with Gasteiger partial charge in [-0.15, -0.1) is 0 Å². The summed E-state index contributed by atoms with van der Waals surface area (Å²) in [6.45, 7) is 10.8. The van der Waals surface area contributed by atoms with E-state index in [2.05, 4.69) is 28.6 Å². The molecule has 0 saturated heterocycles. The van der Waals surface area contributed by atoms with E-state index in [1.807, 2.05) is 38.1 Å². The number of ether oxygens (including phenoxy) is 2. The van der Waals surface area contributed by atoms with Crippen molar-refractivity contribution in [3.63, 3.8) is 0 Å². The summed E-state index contributed by atoms with van der Waals surface area (Å²) < 4.78 is 12.5. The fraction of sp³-hybridized carbons (Fsp3) is 0.346. The van der Waals surface area contributed by atoms with Crippen LogP contribution in [0, 0.1) is 27.7 Å². The van der Waals surface area contributed by atoms with Crippen LogP contribution in [-0.4, -0.2) is 40.5 Å². The lowest BCUT2D eigenvalue weighted by molar-refractivity contribution is 0.0468. The van der Waals surface area contributed by atoms with Crippen LogP contribution in [0.5, 0.6) is 0 Å². The molecule has 2 heterocycles. The van der Waals surface area contributed by atoms with Crippen LogP contribution in [0.2, 0.25) is 0 Å². The average molecular weight is 451 g/mol. The molecule has 1 atom stereocenters. The largest absolute Gasteiger partial charge is 0.462 e. The van der Waals surface area contributed by atoms with Gasteiger partial charge in [0.25, 0.3) is 0 Å². The number of Topliss-reactive ketones (excluding diaryl/α,β-unsaturated/α-hetero) is 1. The normalized spacial score (nSPS) is 11.8. The van der Waals surface area contributed by atoms with E-state index in [1.165, 1.54) is 0 Å².